The Balaban J connectivity index is 1.19. The van der Waals surface area contributed by atoms with E-state index in [1.807, 2.05) is 37.8 Å². The van der Waals surface area contributed by atoms with Gasteiger partial charge in [0.1, 0.15) is 21.9 Å². The van der Waals surface area contributed by atoms with Gasteiger partial charge in [0.25, 0.3) is 0 Å². The van der Waals surface area contributed by atoms with Crippen LogP contribution in [-0.4, -0.2) is 76.5 Å². The summed E-state index contributed by atoms with van der Waals surface area (Å²) in [5.41, 5.74) is 0.0728. The van der Waals surface area contributed by atoms with Crippen molar-refractivity contribution in [2.45, 2.75) is 57.7 Å². The van der Waals surface area contributed by atoms with Gasteiger partial charge in [-0.15, -0.1) is 11.8 Å². The van der Waals surface area contributed by atoms with E-state index in [1.54, 1.807) is 17.0 Å². The van der Waals surface area contributed by atoms with Crippen molar-refractivity contribution in [2.75, 3.05) is 31.9 Å². The normalized spacial score (nSPS) is 22.2. The van der Waals surface area contributed by atoms with E-state index in [-0.39, 0.29) is 17.9 Å². The first-order valence-corrected chi connectivity index (χ1v) is 13.6. The van der Waals surface area contributed by atoms with Crippen LogP contribution >= 0.6 is 11.8 Å². The minimum atomic E-state index is -0.535. The summed E-state index contributed by atoms with van der Waals surface area (Å²) in [6.07, 6.45) is 2.29. The van der Waals surface area contributed by atoms with Crippen LogP contribution < -0.4 is 0 Å². The van der Waals surface area contributed by atoms with Gasteiger partial charge in [-0.2, -0.15) is 0 Å². The van der Waals surface area contributed by atoms with Gasteiger partial charge in [0.05, 0.1) is 0 Å². The molecule has 36 heavy (non-hydrogen) atoms. The molecule has 9 heteroatoms. The van der Waals surface area contributed by atoms with Gasteiger partial charge in [-0.1, -0.05) is 24.3 Å². The van der Waals surface area contributed by atoms with Gasteiger partial charge < -0.3 is 19.3 Å². The van der Waals surface area contributed by atoms with Gasteiger partial charge in [-0.05, 0) is 33.6 Å². The molecule has 0 N–H and O–H groups in total. The predicted octanol–water partition coefficient (Wildman–Crippen LogP) is 3.89. The van der Waals surface area contributed by atoms with Gasteiger partial charge in [0.15, 0.2) is 0 Å². The molecule has 1 aromatic carbocycles. The summed E-state index contributed by atoms with van der Waals surface area (Å²) in [6.45, 7) is 7.76. The molecule has 2 amide bonds. The standard InChI is InChI=1S/C27H32N2O6S/c1-26(2,3)35-25(33)29-12-8-17(9-13-29)24(32)28-14-10-27(11-15-28)16-36-23-21(31)20(30)18-6-4-5-7-19(18)22(23)34-27/h4-7,17H,8-16H2,1-3H3. The van der Waals surface area contributed by atoms with E-state index in [0.717, 1.165) is 0 Å². The SMILES string of the molecule is CC(C)(C)OC(=O)N1CCC(C(=O)N2CCC3(CC2)CSC2=C(O3)c3ccccc3C(=O)C2=O)CC1. The predicted molar refractivity (Wildman–Crippen MR) is 135 cm³/mol. The summed E-state index contributed by atoms with van der Waals surface area (Å²) in [7, 11) is 0. The Hall–Kier alpha value is -2.81. The monoisotopic (exact) mass is 512 g/mol. The quantitative estimate of drug-likeness (QED) is 0.527. The van der Waals surface area contributed by atoms with Gasteiger partial charge in [0.2, 0.25) is 17.5 Å². The van der Waals surface area contributed by atoms with E-state index < -0.39 is 22.8 Å². The van der Waals surface area contributed by atoms with Gasteiger partial charge in [-0.25, -0.2) is 4.79 Å². The van der Waals surface area contributed by atoms with Crippen LogP contribution in [0, 0.1) is 5.92 Å². The maximum Gasteiger partial charge on any atom is 0.410 e. The van der Waals surface area contributed by atoms with Crippen molar-refractivity contribution < 1.29 is 28.7 Å². The third-order valence-corrected chi connectivity index (χ3v) is 8.65. The molecule has 1 spiro atoms. The fourth-order valence-electron chi connectivity index (χ4n) is 5.29. The number of hydrogen-bond acceptors (Lipinski definition) is 7. The fraction of sp³-hybridized carbons (Fsp3) is 0.556. The lowest BCUT2D eigenvalue weighted by Gasteiger charge is -2.46. The molecular formula is C27H32N2O6S. The highest BCUT2D eigenvalue weighted by Crippen LogP contribution is 2.47. The molecule has 1 aliphatic carbocycles. The summed E-state index contributed by atoms with van der Waals surface area (Å²) in [5, 5.41) is 0. The minimum Gasteiger partial charge on any atom is -0.484 e. The smallest absolute Gasteiger partial charge is 0.410 e. The molecule has 0 saturated carbocycles. The molecule has 0 bridgehead atoms. The second kappa shape index (κ2) is 9.25. The lowest BCUT2D eigenvalue weighted by molar-refractivity contribution is -0.140. The molecule has 0 radical (unpaired) electrons. The van der Waals surface area contributed by atoms with E-state index in [0.29, 0.717) is 79.4 Å². The Kier molecular flexibility index (Phi) is 6.39. The lowest BCUT2D eigenvalue weighted by Crippen LogP contribution is -2.53. The molecule has 1 aromatic rings. The van der Waals surface area contributed by atoms with E-state index >= 15 is 0 Å². The van der Waals surface area contributed by atoms with Crippen LogP contribution in [0.3, 0.4) is 0 Å². The molecule has 0 unspecified atom stereocenters. The Bertz CT molecular complexity index is 1140. The number of amides is 2. The Labute approximate surface area is 215 Å². The second-order valence-electron chi connectivity index (χ2n) is 11.0. The summed E-state index contributed by atoms with van der Waals surface area (Å²) in [4.78, 5) is 54.7. The number of ether oxygens (including phenoxy) is 2. The lowest BCUT2D eigenvalue weighted by atomic mass is 9.88. The number of hydrogen-bond donors (Lipinski definition) is 0. The van der Waals surface area contributed by atoms with Crippen LogP contribution in [0.1, 0.15) is 62.4 Å². The molecule has 8 nitrogen and oxygen atoms in total. The van der Waals surface area contributed by atoms with Crippen LogP contribution in [0.2, 0.25) is 0 Å². The maximum absolute atomic E-state index is 13.3. The average molecular weight is 513 g/mol. The molecule has 5 rings (SSSR count). The third-order valence-electron chi connectivity index (χ3n) is 7.32. The van der Waals surface area contributed by atoms with Crippen molar-refractivity contribution in [2.24, 2.45) is 5.92 Å². The first-order valence-electron chi connectivity index (χ1n) is 12.6. The maximum atomic E-state index is 13.3. The van der Waals surface area contributed by atoms with E-state index in [1.165, 1.54) is 11.8 Å². The first kappa shape index (κ1) is 24.9. The molecule has 0 atom stereocenters. The second-order valence-corrected chi connectivity index (χ2v) is 12.0. The number of fused-ring (bicyclic) bond motifs is 2. The Morgan fingerprint density at radius 3 is 2.25 bits per heavy atom. The molecule has 2 fully saturated rings. The van der Waals surface area contributed by atoms with Crippen LogP contribution in [0.15, 0.2) is 29.2 Å². The fourth-order valence-corrected chi connectivity index (χ4v) is 6.55. The molecule has 192 valence electrons. The number of rotatable bonds is 1. The number of allylic oxidation sites excluding steroid dienone is 1. The molecular weight excluding hydrogens is 480 g/mol. The highest BCUT2D eigenvalue weighted by Gasteiger charge is 2.47. The van der Waals surface area contributed by atoms with E-state index in [4.69, 9.17) is 9.47 Å². The third kappa shape index (κ3) is 4.65. The number of thioether (sulfide) groups is 1. The zero-order valence-electron chi connectivity index (χ0n) is 21.0. The Morgan fingerprint density at radius 1 is 0.972 bits per heavy atom. The topological polar surface area (TPSA) is 93.2 Å². The molecule has 3 aliphatic heterocycles. The highest BCUT2D eigenvalue weighted by molar-refractivity contribution is 8.04. The first-order chi connectivity index (χ1) is 17.1. The molecule has 2 saturated heterocycles. The zero-order valence-corrected chi connectivity index (χ0v) is 21.8. The van der Waals surface area contributed by atoms with Crippen LogP contribution in [0.4, 0.5) is 4.79 Å². The summed E-state index contributed by atoms with van der Waals surface area (Å²) in [5.74, 6) is 0.177. The number of likely N-dealkylation sites (tertiary alicyclic amines) is 2. The number of carbonyl (C=O) groups is 4. The Morgan fingerprint density at radius 2 is 1.61 bits per heavy atom. The number of piperidine rings is 2. The number of benzene rings is 1. The number of nitrogens with zero attached hydrogens (tertiary/aromatic N) is 2. The van der Waals surface area contributed by atoms with Crippen molar-refractivity contribution >= 4 is 41.1 Å². The van der Waals surface area contributed by atoms with Crippen molar-refractivity contribution in [3.05, 3.63) is 40.3 Å². The summed E-state index contributed by atoms with van der Waals surface area (Å²) in [6, 6.07) is 7.10. The van der Waals surface area contributed by atoms with Crippen molar-refractivity contribution in [1.82, 2.24) is 9.80 Å². The van der Waals surface area contributed by atoms with Crippen molar-refractivity contribution in [1.29, 1.82) is 0 Å². The number of Topliss-reactive ketones (excluding diaryl/α,β-unsaturated/α-hetero) is 2. The van der Waals surface area contributed by atoms with Crippen LogP contribution in [0.5, 0.6) is 0 Å². The number of carbonyl (C=O) groups excluding carboxylic acids is 4. The van der Waals surface area contributed by atoms with E-state index in [9.17, 15) is 19.2 Å². The van der Waals surface area contributed by atoms with Crippen molar-refractivity contribution in [3.8, 4) is 0 Å². The molecule has 4 aliphatic rings. The van der Waals surface area contributed by atoms with Gasteiger partial charge in [0, 0.05) is 61.8 Å². The molecule has 3 heterocycles. The largest absolute Gasteiger partial charge is 0.484 e. The van der Waals surface area contributed by atoms with Crippen LogP contribution in [-0.2, 0) is 19.1 Å². The summed E-state index contributed by atoms with van der Waals surface area (Å²) < 4.78 is 12.0. The number of ketones is 2. The van der Waals surface area contributed by atoms with E-state index in [2.05, 4.69) is 0 Å². The summed E-state index contributed by atoms with van der Waals surface area (Å²) >= 11 is 1.40. The highest BCUT2D eigenvalue weighted by atomic mass is 32.2. The zero-order chi connectivity index (χ0) is 25.7. The van der Waals surface area contributed by atoms with Gasteiger partial charge >= 0.3 is 6.09 Å². The minimum absolute atomic E-state index is 0.0949. The average Bonchev–Trinajstić information content (AvgIpc) is 2.86. The van der Waals surface area contributed by atoms with Crippen molar-refractivity contribution in [3.63, 3.8) is 0 Å². The molecule has 0 aromatic heterocycles. The van der Waals surface area contributed by atoms with Crippen LogP contribution in [0.25, 0.3) is 5.76 Å². The van der Waals surface area contributed by atoms with Gasteiger partial charge in [-0.3, -0.25) is 14.4 Å².